The van der Waals surface area contributed by atoms with E-state index in [2.05, 4.69) is 22.1 Å². The minimum atomic E-state index is -0.198. The summed E-state index contributed by atoms with van der Waals surface area (Å²) in [7, 11) is 1.85. The van der Waals surface area contributed by atoms with Gasteiger partial charge in [0.25, 0.3) is 0 Å². The Kier molecular flexibility index (Phi) is 6.50. The van der Waals surface area contributed by atoms with E-state index in [1.54, 1.807) is 0 Å². The number of likely N-dealkylation sites (tertiary alicyclic amines) is 1. The van der Waals surface area contributed by atoms with E-state index in [-0.39, 0.29) is 11.5 Å². The fourth-order valence-corrected chi connectivity index (χ4v) is 3.65. The van der Waals surface area contributed by atoms with E-state index in [9.17, 15) is 5.11 Å². The third-order valence-electron chi connectivity index (χ3n) is 5.29. The van der Waals surface area contributed by atoms with E-state index in [0.717, 1.165) is 58.1 Å². The standard InChI is InChI=1S/C17H33N3O2/c1-4-22-12-14-8-10-20(11-14)16(18-3)19-13-17(2)9-6-5-7-15(17)21/h14-15,21H,4-13H2,1-3H3,(H,18,19). The maximum Gasteiger partial charge on any atom is 0.193 e. The molecule has 0 bridgehead atoms. The van der Waals surface area contributed by atoms with Crippen LogP contribution in [0, 0.1) is 11.3 Å². The van der Waals surface area contributed by atoms with Crippen molar-refractivity contribution in [3.8, 4) is 0 Å². The highest BCUT2D eigenvalue weighted by Gasteiger charge is 2.36. The quantitative estimate of drug-likeness (QED) is 0.601. The molecule has 3 atom stereocenters. The molecule has 0 aromatic rings. The molecule has 5 heteroatoms. The molecule has 2 aliphatic rings. The highest BCUT2D eigenvalue weighted by Crippen LogP contribution is 2.35. The van der Waals surface area contributed by atoms with Gasteiger partial charge in [-0.05, 0) is 26.2 Å². The van der Waals surface area contributed by atoms with Gasteiger partial charge in [0.2, 0.25) is 0 Å². The predicted molar refractivity (Wildman–Crippen MR) is 90.1 cm³/mol. The molecule has 0 radical (unpaired) electrons. The third kappa shape index (κ3) is 4.35. The summed E-state index contributed by atoms with van der Waals surface area (Å²) in [4.78, 5) is 6.76. The van der Waals surface area contributed by atoms with Crippen LogP contribution in [0.25, 0.3) is 0 Å². The summed E-state index contributed by atoms with van der Waals surface area (Å²) in [6.45, 7) is 8.73. The number of aliphatic imine (C=N–C) groups is 1. The number of aliphatic hydroxyl groups excluding tert-OH is 1. The monoisotopic (exact) mass is 311 g/mol. The lowest BCUT2D eigenvalue weighted by molar-refractivity contribution is 0.00368. The third-order valence-corrected chi connectivity index (χ3v) is 5.29. The summed E-state index contributed by atoms with van der Waals surface area (Å²) in [6.07, 6.45) is 5.35. The van der Waals surface area contributed by atoms with Gasteiger partial charge in [0, 0.05) is 44.6 Å². The average Bonchev–Trinajstić information content (AvgIpc) is 2.98. The Balaban J connectivity index is 1.83. The van der Waals surface area contributed by atoms with E-state index < -0.39 is 0 Å². The largest absolute Gasteiger partial charge is 0.392 e. The molecule has 1 aliphatic heterocycles. The average molecular weight is 311 g/mol. The van der Waals surface area contributed by atoms with Gasteiger partial charge in [0.1, 0.15) is 0 Å². The summed E-state index contributed by atoms with van der Waals surface area (Å²) < 4.78 is 5.54. The smallest absolute Gasteiger partial charge is 0.193 e. The molecule has 22 heavy (non-hydrogen) atoms. The van der Waals surface area contributed by atoms with Crippen LogP contribution in [-0.2, 0) is 4.74 Å². The lowest BCUT2D eigenvalue weighted by Gasteiger charge is -2.39. The van der Waals surface area contributed by atoms with Crippen LogP contribution >= 0.6 is 0 Å². The number of ether oxygens (including phenoxy) is 1. The van der Waals surface area contributed by atoms with Crippen molar-refractivity contribution in [3.63, 3.8) is 0 Å². The fourth-order valence-electron chi connectivity index (χ4n) is 3.65. The van der Waals surface area contributed by atoms with Crippen LogP contribution in [0.2, 0.25) is 0 Å². The number of nitrogens with one attached hydrogen (secondary N) is 1. The SMILES string of the molecule is CCOCC1CCN(C(=NC)NCC2(C)CCCCC2O)C1. The Labute approximate surface area is 135 Å². The molecule has 1 saturated carbocycles. The Morgan fingerprint density at radius 1 is 1.41 bits per heavy atom. The molecule has 128 valence electrons. The molecule has 0 amide bonds. The van der Waals surface area contributed by atoms with E-state index >= 15 is 0 Å². The highest BCUT2D eigenvalue weighted by atomic mass is 16.5. The molecule has 1 heterocycles. The van der Waals surface area contributed by atoms with Crippen molar-refractivity contribution in [3.05, 3.63) is 0 Å². The molecule has 0 spiro atoms. The Morgan fingerprint density at radius 3 is 2.91 bits per heavy atom. The van der Waals surface area contributed by atoms with Gasteiger partial charge >= 0.3 is 0 Å². The summed E-state index contributed by atoms with van der Waals surface area (Å²) in [6, 6.07) is 0. The number of aliphatic hydroxyl groups is 1. The lowest BCUT2D eigenvalue weighted by atomic mass is 9.73. The number of hydrogen-bond donors (Lipinski definition) is 2. The van der Waals surface area contributed by atoms with Crippen molar-refractivity contribution in [2.45, 2.75) is 52.1 Å². The first-order valence-electron chi connectivity index (χ1n) is 8.80. The van der Waals surface area contributed by atoms with Crippen LogP contribution in [0.4, 0.5) is 0 Å². The van der Waals surface area contributed by atoms with E-state index in [0.29, 0.717) is 5.92 Å². The molecular weight excluding hydrogens is 278 g/mol. The van der Waals surface area contributed by atoms with Crippen LogP contribution in [0.15, 0.2) is 4.99 Å². The first-order chi connectivity index (χ1) is 10.6. The zero-order valence-corrected chi connectivity index (χ0v) is 14.5. The molecule has 0 aromatic carbocycles. The van der Waals surface area contributed by atoms with Crippen molar-refractivity contribution in [1.29, 1.82) is 0 Å². The van der Waals surface area contributed by atoms with Gasteiger partial charge in [-0.2, -0.15) is 0 Å². The van der Waals surface area contributed by atoms with Gasteiger partial charge in [0.05, 0.1) is 12.7 Å². The number of guanidine groups is 1. The number of hydrogen-bond acceptors (Lipinski definition) is 3. The fraction of sp³-hybridized carbons (Fsp3) is 0.941. The molecule has 1 saturated heterocycles. The second-order valence-corrected chi connectivity index (χ2v) is 7.08. The lowest BCUT2D eigenvalue weighted by Crippen LogP contribution is -2.49. The minimum absolute atomic E-state index is 0.0291. The van der Waals surface area contributed by atoms with Gasteiger partial charge in [-0.3, -0.25) is 4.99 Å². The molecule has 5 nitrogen and oxygen atoms in total. The number of rotatable bonds is 5. The second-order valence-electron chi connectivity index (χ2n) is 7.08. The maximum absolute atomic E-state index is 10.3. The summed E-state index contributed by atoms with van der Waals surface area (Å²) >= 11 is 0. The summed E-state index contributed by atoms with van der Waals surface area (Å²) in [5.74, 6) is 1.58. The number of nitrogens with zero attached hydrogens (tertiary/aromatic N) is 2. The Hall–Kier alpha value is -0.810. The van der Waals surface area contributed by atoms with Gasteiger partial charge in [-0.25, -0.2) is 0 Å². The van der Waals surface area contributed by atoms with Gasteiger partial charge in [0.15, 0.2) is 5.96 Å². The summed E-state index contributed by atoms with van der Waals surface area (Å²) in [5, 5.41) is 13.8. The van der Waals surface area contributed by atoms with Crippen molar-refractivity contribution >= 4 is 5.96 Å². The van der Waals surface area contributed by atoms with Crippen molar-refractivity contribution in [2.24, 2.45) is 16.3 Å². The molecule has 2 fully saturated rings. The van der Waals surface area contributed by atoms with Crippen molar-refractivity contribution in [1.82, 2.24) is 10.2 Å². The highest BCUT2D eigenvalue weighted by molar-refractivity contribution is 5.80. The second kappa shape index (κ2) is 8.16. The van der Waals surface area contributed by atoms with Crippen LogP contribution < -0.4 is 5.32 Å². The molecule has 2 N–H and O–H groups in total. The van der Waals surface area contributed by atoms with Gasteiger partial charge in [-0.15, -0.1) is 0 Å². The Bertz CT molecular complexity index is 375. The summed E-state index contributed by atoms with van der Waals surface area (Å²) in [5.41, 5.74) is -0.0291. The maximum atomic E-state index is 10.3. The molecular formula is C17H33N3O2. The first-order valence-corrected chi connectivity index (χ1v) is 8.80. The molecule has 3 unspecified atom stereocenters. The molecule has 1 aliphatic carbocycles. The van der Waals surface area contributed by atoms with Crippen LogP contribution in [0.1, 0.15) is 46.0 Å². The van der Waals surface area contributed by atoms with Crippen LogP contribution in [0.3, 0.4) is 0 Å². The molecule has 0 aromatic heterocycles. The zero-order chi connectivity index (χ0) is 16.0. The first kappa shape index (κ1) is 17.5. The van der Waals surface area contributed by atoms with Crippen molar-refractivity contribution in [2.75, 3.05) is 39.9 Å². The Morgan fingerprint density at radius 2 is 2.23 bits per heavy atom. The zero-order valence-electron chi connectivity index (χ0n) is 14.5. The topological polar surface area (TPSA) is 57.1 Å². The minimum Gasteiger partial charge on any atom is -0.392 e. The van der Waals surface area contributed by atoms with Crippen molar-refractivity contribution < 1.29 is 9.84 Å². The predicted octanol–water partition coefficient (Wildman–Crippen LogP) is 1.86. The molecule has 2 rings (SSSR count). The van der Waals surface area contributed by atoms with Gasteiger partial charge in [-0.1, -0.05) is 19.8 Å². The van der Waals surface area contributed by atoms with E-state index in [4.69, 9.17) is 4.74 Å². The van der Waals surface area contributed by atoms with Gasteiger partial charge < -0.3 is 20.1 Å². The normalized spacial score (nSPS) is 33.3. The van der Waals surface area contributed by atoms with Crippen LogP contribution in [-0.4, -0.2) is 62.0 Å². The van der Waals surface area contributed by atoms with Crippen LogP contribution in [0.5, 0.6) is 0 Å². The van der Waals surface area contributed by atoms with E-state index in [1.807, 2.05) is 14.0 Å². The van der Waals surface area contributed by atoms with E-state index in [1.165, 1.54) is 12.8 Å².